The number of aryl methyl sites for hydroxylation is 3. The summed E-state index contributed by atoms with van der Waals surface area (Å²) in [7, 11) is -2.45. The molecule has 0 saturated carbocycles. The Morgan fingerprint density at radius 1 is 1.19 bits per heavy atom. The molecule has 6 nitrogen and oxygen atoms in total. The molecule has 1 atom stereocenters. The Labute approximate surface area is 163 Å². The molecule has 0 bridgehead atoms. The lowest BCUT2D eigenvalue weighted by Crippen LogP contribution is -2.38. The van der Waals surface area contributed by atoms with Crippen LogP contribution in [0.25, 0.3) is 0 Å². The molecule has 0 fully saturated rings. The van der Waals surface area contributed by atoms with Crippen LogP contribution in [0.3, 0.4) is 0 Å². The molecule has 27 heavy (non-hydrogen) atoms. The number of rotatable bonds is 8. The monoisotopic (exact) mass is 397 g/mol. The maximum atomic E-state index is 13.0. The largest absolute Gasteiger partial charge is 0.508 e. The van der Waals surface area contributed by atoms with Gasteiger partial charge in [0.05, 0.1) is 12.0 Å². The van der Waals surface area contributed by atoms with E-state index in [9.17, 15) is 13.2 Å². The van der Waals surface area contributed by atoms with E-state index in [1.54, 1.807) is 13.8 Å². The van der Waals surface area contributed by atoms with Gasteiger partial charge in [-0.2, -0.15) is 0 Å². The molecule has 0 aliphatic carbocycles. The normalized spacial score (nSPS) is 13.6. The van der Waals surface area contributed by atoms with Gasteiger partial charge >= 0.3 is 6.16 Å². The maximum Gasteiger partial charge on any atom is 0.508 e. The average Bonchev–Trinajstić information content (AvgIpc) is 2.55. The molecule has 0 radical (unpaired) electrons. The number of carbonyl (C=O) groups excluding carboxylic acids is 1. The summed E-state index contributed by atoms with van der Waals surface area (Å²) in [5.41, 5.74) is 3.28. The quantitative estimate of drug-likeness (QED) is 0.529. The number of carbonyl (C=O) groups is 1. The van der Waals surface area contributed by atoms with Crippen LogP contribution in [-0.4, -0.2) is 34.3 Å². The standard InChI is InChI=1S/C20H31NO5S/c1-8-17(12-26-20(22)25-7)11-18(13(2)3)21-27(23,24)19-15(5)9-14(4)10-16(19)6/h9-11,13,18,21H,8,12H2,1-7H3/b17-11+. The van der Waals surface area contributed by atoms with Gasteiger partial charge in [-0.25, -0.2) is 17.9 Å². The molecule has 0 aromatic heterocycles. The maximum absolute atomic E-state index is 13.0. The minimum Gasteiger partial charge on any atom is -0.438 e. The molecule has 0 aliphatic rings. The summed E-state index contributed by atoms with van der Waals surface area (Å²) in [4.78, 5) is 11.5. The van der Waals surface area contributed by atoms with Crippen molar-refractivity contribution >= 4 is 16.2 Å². The fourth-order valence-corrected chi connectivity index (χ4v) is 4.71. The van der Waals surface area contributed by atoms with Crippen LogP contribution in [0.15, 0.2) is 28.7 Å². The summed E-state index contributed by atoms with van der Waals surface area (Å²) >= 11 is 0. The third kappa shape index (κ3) is 6.66. The molecule has 1 rings (SSSR count). The Balaban J connectivity index is 3.15. The van der Waals surface area contributed by atoms with Crippen LogP contribution in [0.2, 0.25) is 0 Å². The van der Waals surface area contributed by atoms with Crippen LogP contribution in [0.5, 0.6) is 0 Å². The molecule has 1 unspecified atom stereocenters. The second-order valence-corrected chi connectivity index (χ2v) is 8.69. The number of benzene rings is 1. The van der Waals surface area contributed by atoms with E-state index in [0.29, 0.717) is 11.3 Å². The van der Waals surface area contributed by atoms with Crippen molar-refractivity contribution in [2.24, 2.45) is 5.92 Å². The summed E-state index contributed by atoms with van der Waals surface area (Å²) in [6.07, 6.45) is 1.69. The zero-order chi connectivity index (χ0) is 20.8. The number of methoxy groups -OCH3 is 1. The summed E-state index contributed by atoms with van der Waals surface area (Å²) in [6, 6.07) is 3.30. The van der Waals surface area contributed by atoms with Gasteiger partial charge in [-0.15, -0.1) is 0 Å². The molecule has 7 heteroatoms. The first kappa shape index (κ1) is 23.2. The van der Waals surface area contributed by atoms with Crippen LogP contribution < -0.4 is 4.72 Å². The number of ether oxygens (including phenoxy) is 2. The highest BCUT2D eigenvalue weighted by molar-refractivity contribution is 7.89. The SMILES string of the molecule is CC/C(=C\C(NS(=O)(=O)c1c(C)cc(C)cc1C)C(C)C)COC(=O)OC. The lowest BCUT2D eigenvalue weighted by atomic mass is 10.0. The van der Waals surface area contributed by atoms with Gasteiger partial charge in [0.15, 0.2) is 0 Å². The van der Waals surface area contributed by atoms with Crippen LogP contribution in [0, 0.1) is 26.7 Å². The topological polar surface area (TPSA) is 81.7 Å². The minimum atomic E-state index is -3.70. The number of sulfonamides is 1. The van der Waals surface area contributed by atoms with Crippen LogP contribution in [-0.2, 0) is 19.5 Å². The van der Waals surface area contributed by atoms with Crippen LogP contribution in [0.4, 0.5) is 4.79 Å². The summed E-state index contributed by atoms with van der Waals surface area (Å²) in [5.74, 6) is 0.0190. The van der Waals surface area contributed by atoms with Crippen molar-refractivity contribution in [1.29, 1.82) is 0 Å². The molecule has 1 aromatic carbocycles. The van der Waals surface area contributed by atoms with Gasteiger partial charge in [0.2, 0.25) is 10.0 Å². The van der Waals surface area contributed by atoms with Crippen LogP contribution >= 0.6 is 0 Å². The molecular weight excluding hydrogens is 366 g/mol. The van der Waals surface area contributed by atoms with E-state index >= 15 is 0 Å². The predicted octanol–water partition coefficient (Wildman–Crippen LogP) is 4.03. The zero-order valence-electron chi connectivity index (χ0n) is 17.3. The Kier molecular flexibility index (Phi) is 8.50. The average molecular weight is 398 g/mol. The van der Waals surface area contributed by atoms with Gasteiger partial charge in [-0.1, -0.05) is 44.5 Å². The van der Waals surface area contributed by atoms with E-state index in [1.165, 1.54) is 7.11 Å². The van der Waals surface area contributed by atoms with Crippen molar-refractivity contribution in [1.82, 2.24) is 4.72 Å². The van der Waals surface area contributed by atoms with Crippen molar-refractivity contribution in [2.45, 2.75) is 58.9 Å². The third-order valence-electron chi connectivity index (χ3n) is 4.29. The molecule has 0 saturated heterocycles. The van der Waals surface area contributed by atoms with Gasteiger partial charge in [0.1, 0.15) is 6.61 Å². The van der Waals surface area contributed by atoms with Crippen molar-refractivity contribution in [3.05, 3.63) is 40.5 Å². The Hall–Kier alpha value is -1.86. The highest BCUT2D eigenvalue weighted by atomic mass is 32.2. The van der Waals surface area contributed by atoms with Crippen molar-refractivity contribution in [3.63, 3.8) is 0 Å². The number of hydrogen-bond donors (Lipinski definition) is 1. The number of nitrogens with one attached hydrogen (secondary N) is 1. The van der Waals surface area contributed by atoms with Gasteiger partial charge < -0.3 is 9.47 Å². The summed E-state index contributed by atoms with van der Waals surface area (Å²) < 4.78 is 38.3. The van der Waals surface area contributed by atoms with E-state index in [1.807, 2.05) is 45.9 Å². The van der Waals surface area contributed by atoms with Gasteiger partial charge in [0.25, 0.3) is 0 Å². The molecule has 152 valence electrons. The highest BCUT2D eigenvalue weighted by Gasteiger charge is 2.25. The fraction of sp³-hybridized carbons (Fsp3) is 0.550. The highest BCUT2D eigenvalue weighted by Crippen LogP contribution is 2.23. The third-order valence-corrected chi connectivity index (χ3v) is 6.06. The first-order valence-electron chi connectivity index (χ1n) is 9.02. The Morgan fingerprint density at radius 3 is 2.19 bits per heavy atom. The minimum absolute atomic E-state index is 0.0190. The zero-order valence-corrected chi connectivity index (χ0v) is 18.1. The summed E-state index contributed by atoms with van der Waals surface area (Å²) in [5, 5.41) is 0. The predicted molar refractivity (Wildman–Crippen MR) is 106 cm³/mol. The molecule has 0 spiro atoms. The van der Waals surface area contributed by atoms with E-state index in [2.05, 4.69) is 9.46 Å². The second-order valence-electron chi connectivity index (χ2n) is 7.04. The first-order valence-corrected chi connectivity index (χ1v) is 10.5. The number of hydrogen-bond acceptors (Lipinski definition) is 5. The second kappa shape index (κ2) is 9.90. The van der Waals surface area contributed by atoms with E-state index < -0.39 is 22.2 Å². The molecule has 0 aliphatic heterocycles. The van der Waals surface area contributed by atoms with Gasteiger partial charge in [-0.3, -0.25) is 0 Å². The van der Waals surface area contributed by atoms with E-state index in [-0.39, 0.29) is 12.5 Å². The van der Waals surface area contributed by atoms with Crippen molar-refractivity contribution in [3.8, 4) is 0 Å². The van der Waals surface area contributed by atoms with E-state index in [0.717, 1.165) is 22.3 Å². The lowest BCUT2D eigenvalue weighted by Gasteiger charge is -2.22. The summed E-state index contributed by atoms with van der Waals surface area (Å²) in [6.45, 7) is 11.4. The molecule has 0 heterocycles. The Morgan fingerprint density at radius 2 is 1.74 bits per heavy atom. The van der Waals surface area contributed by atoms with Crippen LogP contribution in [0.1, 0.15) is 43.9 Å². The Bertz CT molecular complexity index is 774. The molecular formula is C20H31NO5S. The fourth-order valence-electron chi connectivity index (χ4n) is 2.92. The smallest absolute Gasteiger partial charge is 0.438 e. The molecule has 1 N–H and O–H groups in total. The molecule has 1 aromatic rings. The molecule has 0 amide bonds. The van der Waals surface area contributed by atoms with Crippen molar-refractivity contribution in [2.75, 3.05) is 13.7 Å². The van der Waals surface area contributed by atoms with E-state index in [4.69, 9.17) is 4.74 Å². The first-order chi connectivity index (χ1) is 12.5. The van der Waals surface area contributed by atoms with Gasteiger partial charge in [0, 0.05) is 6.04 Å². The van der Waals surface area contributed by atoms with Crippen molar-refractivity contribution < 1.29 is 22.7 Å². The van der Waals surface area contributed by atoms with Gasteiger partial charge in [-0.05, 0) is 49.8 Å². The lowest BCUT2D eigenvalue weighted by molar-refractivity contribution is 0.0793.